The van der Waals surface area contributed by atoms with Crippen LogP contribution in [-0.2, 0) is 19.1 Å². The first-order valence-corrected chi connectivity index (χ1v) is 14.4. The summed E-state index contributed by atoms with van der Waals surface area (Å²) in [6.07, 6.45) is 18.9. The summed E-state index contributed by atoms with van der Waals surface area (Å²) < 4.78 is 11.6. The number of nitrogens with one attached hydrogen (secondary N) is 2. The Hall–Kier alpha value is -1.14. The third kappa shape index (κ3) is 9.85. The van der Waals surface area contributed by atoms with Gasteiger partial charge in [-0.1, -0.05) is 51.4 Å². The SMILES string of the molecule is C[C@@H]1N[C@@H]2CCCCCCCC(=O)O[C@@H]3CC[C@H](CCCCCCCC(=O)O[C@H]1CC2)N[C@@H]3C. The third-order valence-electron chi connectivity index (χ3n) is 8.14. The monoisotopic (exact) mass is 478 g/mol. The van der Waals surface area contributed by atoms with Gasteiger partial charge in [-0.15, -0.1) is 0 Å². The molecule has 6 heteroatoms. The van der Waals surface area contributed by atoms with Crippen molar-refractivity contribution in [3.05, 3.63) is 0 Å². The second kappa shape index (κ2) is 15.1. The Kier molecular flexibility index (Phi) is 12.2. The van der Waals surface area contributed by atoms with Gasteiger partial charge in [0.05, 0.1) is 0 Å². The van der Waals surface area contributed by atoms with Crippen LogP contribution in [0.5, 0.6) is 0 Å². The number of rotatable bonds is 0. The molecule has 6 fully saturated rings. The van der Waals surface area contributed by atoms with E-state index in [1.54, 1.807) is 0 Å². The minimum Gasteiger partial charge on any atom is -0.461 e. The van der Waals surface area contributed by atoms with Crippen molar-refractivity contribution in [3.63, 3.8) is 0 Å². The summed E-state index contributed by atoms with van der Waals surface area (Å²) in [5.41, 5.74) is 0. The topological polar surface area (TPSA) is 76.7 Å². The molecule has 0 aliphatic carbocycles. The predicted octanol–water partition coefficient (Wildman–Crippen LogP) is 5.57. The van der Waals surface area contributed by atoms with E-state index < -0.39 is 0 Å². The van der Waals surface area contributed by atoms with Crippen molar-refractivity contribution in [2.24, 2.45) is 0 Å². The van der Waals surface area contributed by atoms with Crippen LogP contribution in [0.4, 0.5) is 0 Å². The zero-order valence-electron chi connectivity index (χ0n) is 21.8. The van der Waals surface area contributed by atoms with Gasteiger partial charge in [-0.2, -0.15) is 0 Å². The molecule has 6 nitrogen and oxygen atoms in total. The van der Waals surface area contributed by atoms with E-state index in [-0.39, 0.29) is 36.2 Å². The molecule has 0 unspecified atom stereocenters. The van der Waals surface area contributed by atoms with Crippen molar-refractivity contribution in [1.29, 1.82) is 0 Å². The van der Waals surface area contributed by atoms with E-state index in [2.05, 4.69) is 24.5 Å². The number of esters is 2. The van der Waals surface area contributed by atoms with Gasteiger partial charge in [-0.05, 0) is 65.2 Å². The Balaban J connectivity index is 1.43. The Bertz CT molecular complexity index is 561. The molecule has 6 heterocycles. The molecule has 6 aliphatic rings. The first-order valence-electron chi connectivity index (χ1n) is 14.4. The molecule has 2 N–H and O–H groups in total. The summed E-state index contributed by atoms with van der Waals surface area (Å²) in [5, 5.41) is 7.35. The molecule has 0 aromatic carbocycles. The lowest BCUT2D eigenvalue weighted by molar-refractivity contribution is -0.153. The zero-order chi connectivity index (χ0) is 24.2. The van der Waals surface area contributed by atoms with Gasteiger partial charge in [0.2, 0.25) is 0 Å². The highest BCUT2D eigenvalue weighted by Gasteiger charge is 2.30. The van der Waals surface area contributed by atoms with Crippen molar-refractivity contribution < 1.29 is 19.1 Å². The Labute approximate surface area is 207 Å². The largest absolute Gasteiger partial charge is 0.461 e. The quantitative estimate of drug-likeness (QED) is 0.444. The van der Waals surface area contributed by atoms with Gasteiger partial charge in [0, 0.05) is 37.0 Å². The van der Waals surface area contributed by atoms with Gasteiger partial charge in [0.15, 0.2) is 0 Å². The van der Waals surface area contributed by atoms with Crippen molar-refractivity contribution >= 4 is 11.9 Å². The van der Waals surface area contributed by atoms with Crippen molar-refractivity contribution in [1.82, 2.24) is 10.6 Å². The molecule has 6 saturated heterocycles. The second-order valence-electron chi connectivity index (χ2n) is 11.1. The number of carbonyl (C=O) groups is 2. The van der Waals surface area contributed by atoms with Gasteiger partial charge in [-0.25, -0.2) is 0 Å². The number of carbonyl (C=O) groups excluding carboxylic acids is 2. The van der Waals surface area contributed by atoms with E-state index in [0.29, 0.717) is 24.9 Å². The van der Waals surface area contributed by atoms with Crippen molar-refractivity contribution in [2.75, 3.05) is 0 Å². The third-order valence-corrected chi connectivity index (χ3v) is 8.14. The molecule has 4 bridgehead atoms. The van der Waals surface area contributed by atoms with Crippen LogP contribution in [0.2, 0.25) is 0 Å². The highest BCUT2D eigenvalue weighted by atomic mass is 16.5. The van der Waals surface area contributed by atoms with Crippen molar-refractivity contribution in [3.8, 4) is 0 Å². The lowest BCUT2D eigenvalue weighted by Gasteiger charge is -2.35. The first kappa shape index (κ1) is 27.4. The number of ether oxygens (including phenoxy) is 2. The lowest BCUT2D eigenvalue weighted by Crippen LogP contribution is -2.50. The first-order chi connectivity index (χ1) is 16.5. The Morgan fingerprint density at radius 3 is 1.32 bits per heavy atom. The molecular weight excluding hydrogens is 428 g/mol. The highest BCUT2D eigenvalue weighted by molar-refractivity contribution is 5.69. The zero-order valence-corrected chi connectivity index (χ0v) is 21.8. The minimum absolute atomic E-state index is 0.0193. The van der Waals surface area contributed by atoms with Gasteiger partial charge in [0.1, 0.15) is 12.2 Å². The molecule has 34 heavy (non-hydrogen) atoms. The van der Waals surface area contributed by atoms with E-state index in [1.807, 2.05) is 0 Å². The van der Waals surface area contributed by atoms with Crippen LogP contribution < -0.4 is 10.6 Å². The average molecular weight is 479 g/mol. The average Bonchev–Trinajstić information content (AvgIpc) is 2.80. The summed E-state index contributed by atoms with van der Waals surface area (Å²) in [6.45, 7) is 4.31. The lowest BCUT2D eigenvalue weighted by atomic mass is 9.92. The number of hydrogen-bond acceptors (Lipinski definition) is 6. The molecule has 6 rings (SSSR count). The maximum Gasteiger partial charge on any atom is 0.306 e. The minimum atomic E-state index is -0.0193. The molecule has 0 aromatic rings. The highest BCUT2D eigenvalue weighted by Crippen LogP contribution is 2.23. The van der Waals surface area contributed by atoms with E-state index in [0.717, 1.165) is 51.4 Å². The van der Waals surface area contributed by atoms with E-state index in [1.165, 1.54) is 51.4 Å². The van der Waals surface area contributed by atoms with Crippen LogP contribution in [0.1, 0.15) is 129 Å². The van der Waals surface area contributed by atoms with Gasteiger partial charge < -0.3 is 20.1 Å². The molecule has 6 aliphatic heterocycles. The van der Waals surface area contributed by atoms with Crippen LogP contribution in [0.25, 0.3) is 0 Å². The Morgan fingerprint density at radius 2 is 0.912 bits per heavy atom. The van der Waals surface area contributed by atoms with E-state index in [9.17, 15) is 9.59 Å². The van der Waals surface area contributed by atoms with Crippen LogP contribution in [0, 0.1) is 0 Å². The van der Waals surface area contributed by atoms with E-state index in [4.69, 9.17) is 9.47 Å². The molecule has 0 spiro atoms. The smallest absolute Gasteiger partial charge is 0.306 e. The fraction of sp³-hybridized carbons (Fsp3) is 0.929. The van der Waals surface area contributed by atoms with Gasteiger partial charge in [-0.3, -0.25) is 9.59 Å². The fourth-order valence-electron chi connectivity index (χ4n) is 5.97. The second-order valence-corrected chi connectivity index (χ2v) is 11.1. The molecule has 0 amide bonds. The normalized spacial score (nSPS) is 36.5. The van der Waals surface area contributed by atoms with Crippen molar-refractivity contribution in [2.45, 2.75) is 166 Å². The standard InChI is InChI=1S/C28H50N2O4/c1-21-25-19-17-23(29-21)13-9-5-3-8-12-16-28(32)34-26-20-18-24(30-22(26)2)14-10-6-4-7-11-15-27(31)33-25/h21-26,29-30H,3-20H2,1-2H3/t21-,22+,23+,24-,25-,26+. The summed E-state index contributed by atoms with van der Waals surface area (Å²) in [6, 6.07) is 1.53. The molecule has 6 atom stereocenters. The van der Waals surface area contributed by atoms with Crippen LogP contribution in [-0.4, -0.2) is 48.3 Å². The number of hydrogen-bond donors (Lipinski definition) is 2. The Morgan fingerprint density at radius 1 is 0.529 bits per heavy atom. The maximum atomic E-state index is 12.3. The predicted molar refractivity (Wildman–Crippen MR) is 136 cm³/mol. The van der Waals surface area contributed by atoms with Crippen LogP contribution >= 0.6 is 0 Å². The van der Waals surface area contributed by atoms with Crippen LogP contribution in [0.15, 0.2) is 0 Å². The molecule has 0 radical (unpaired) electrons. The van der Waals surface area contributed by atoms with Gasteiger partial charge in [0.25, 0.3) is 0 Å². The summed E-state index contributed by atoms with van der Waals surface area (Å²) in [5.74, 6) is -0.0385. The van der Waals surface area contributed by atoms with Crippen LogP contribution in [0.3, 0.4) is 0 Å². The fourth-order valence-corrected chi connectivity index (χ4v) is 5.97. The number of piperidine rings is 2. The molecule has 0 saturated carbocycles. The summed E-state index contributed by atoms with van der Waals surface area (Å²) >= 11 is 0. The summed E-state index contributed by atoms with van der Waals surface area (Å²) in [4.78, 5) is 24.6. The van der Waals surface area contributed by atoms with E-state index >= 15 is 0 Å². The molecule has 196 valence electrons. The summed E-state index contributed by atoms with van der Waals surface area (Å²) in [7, 11) is 0. The van der Waals surface area contributed by atoms with Gasteiger partial charge >= 0.3 is 11.9 Å². The maximum absolute atomic E-state index is 12.3. The molecule has 0 aromatic heterocycles. The molecular formula is C28H50N2O4.